The van der Waals surface area contributed by atoms with Gasteiger partial charge in [-0.05, 0) is 36.5 Å². The number of esters is 1. The van der Waals surface area contributed by atoms with E-state index in [-0.39, 0.29) is 0 Å². The normalized spacial score (nSPS) is 13.9. The molecule has 5 rings (SSSR count). The molecule has 37 heavy (non-hydrogen) atoms. The number of hydrogen-bond donors (Lipinski definition) is 1. The molecule has 0 heterocycles. The first-order valence-electron chi connectivity index (χ1n) is 12.3. The molecule has 0 saturated heterocycles. The van der Waals surface area contributed by atoms with E-state index in [1.54, 1.807) is 24.3 Å². The Labute approximate surface area is 216 Å². The number of hydrogen-bond acceptors (Lipinski definition) is 4. The molecule has 1 saturated carbocycles. The quantitative estimate of drug-likeness (QED) is 0.245. The number of amides is 1. The third-order valence-electron chi connectivity index (χ3n) is 6.81. The second kappa shape index (κ2) is 10.6. The maximum absolute atomic E-state index is 14.7. The number of anilines is 1. The predicted molar refractivity (Wildman–Crippen MR) is 147 cm³/mol. The minimum atomic E-state index is -3.35. The summed E-state index contributed by atoms with van der Waals surface area (Å²) >= 11 is 0. The summed E-state index contributed by atoms with van der Waals surface area (Å²) in [6.45, 7) is -0.441. The van der Waals surface area contributed by atoms with Crippen molar-refractivity contribution in [1.82, 2.24) is 0 Å². The molecule has 4 aromatic rings. The van der Waals surface area contributed by atoms with E-state index in [1.807, 2.05) is 91.0 Å². The van der Waals surface area contributed by atoms with Crippen LogP contribution < -0.4 is 15.9 Å². The molecule has 0 aromatic heterocycles. The number of benzene rings is 4. The van der Waals surface area contributed by atoms with Gasteiger partial charge in [0.25, 0.3) is 5.91 Å². The van der Waals surface area contributed by atoms with Gasteiger partial charge in [0.2, 0.25) is 0 Å². The Morgan fingerprint density at radius 3 is 1.81 bits per heavy atom. The van der Waals surface area contributed by atoms with E-state index in [0.717, 1.165) is 11.1 Å². The Hall–Kier alpha value is -3.95. The Kier molecular flexibility index (Phi) is 7.07. The summed E-state index contributed by atoms with van der Waals surface area (Å²) in [4.78, 5) is 26.2. The minimum Gasteiger partial charge on any atom is -0.455 e. The minimum absolute atomic E-state index is 0.432. The van der Waals surface area contributed by atoms with E-state index in [4.69, 9.17) is 4.74 Å². The number of nitrogens with one attached hydrogen (secondary N) is 1. The average Bonchev–Trinajstić information content (AvgIpc) is 3.77. The molecule has 186 valence electrons. The number of para-hydroxylation sites is 1. The molecule has 0 atom stereocenters. The summed E-state index contributed by atoms with van der Waals surface area (Å²) in [6, 6.07) is 35.8. The maximum Gasteiger partial charge on any atom is 0.320 e. The predicted octanol–water partition coefficient (Wildman–Crippen LogP) is 5.31. The van der Waals surface area contributed by atoms with Gasteiger partial charge in [-0.15, -0.1) is 0 Å². The molecule has 0 unspecified atom stereocenters. The zero-order valence-electron chi connectivity index (χ0n) is 20.4. The molecule has 1 amide bonds. The second-order valence-corrected chi connectivity index (χ2v) is 12.4. The topological polar surface area (TPSA) is 72.5 Å². The number of rotatable bonds is 9. The van der Waals surface area contributed by atoms with Gasteiger partial charge >= 0.3 is 5.97 Å². The second-order valence-electron chi connectivity index (χ2n) is 9.26. The fraction of sp³-hybridized carbons (Fsp3) is 0.161. The van der Waals surface area contributed by atoms with Crippen molar-refractivity contribution in [3.63, 3.8) is 0 Å². The van der Waals surface area contributed by atoms with Crippen LogP contribution in [0.2, 0.25) is 0 Å². The van der Waals surface area contributed by atoms with Crippen molar-refractivity contribution in [2.45, 2.75) is 24.4 Å². The zero-order chi connectivity index (χ0) is 25.7. The van der Waals surface area contributed by atoms with Crippen LogP contribution in [0.3, 0.4) is 0 Å². The van der Waals surface area contributed by atoms with E-state index >= 15 is 0 Å². The Balaban J connectivity index is 1.31. The van der Waals surface area contributed by atoms with Gasteiger partial charge in [-0.2, -0.15) is 0 Å². The van der Waals surface area contributed by atoms with Crippen LogP contribution in [0.15, 0.2) is 115 Å². The molecular weight excluding hydrogens is 481 g/mol. The van der Waals surface area contributed by atoms with Crippen molar-refractivity contribution in [1.29, 1.82) is 0 Å². The van der Waals surface area contributed by atoms with Crippen molar-refractivity contribution in [3.8, 4) is 0 Å². The summed E-state index contributed by atoms with van der Waals surface area (Å²) in [6.07, 6.45) is 1.57. The molecule has 0 bridgehead atoms. The molecule has 0 radical (unpaired) electrons. The molecule has 5 nitrogen and oxygen atoms in total. The van der Waals surface area contributed by atoms with Gasteiger partial charge in [0, 0.05) is 16.3 Å². The third-order valence-corrected chi connectivity index (χ3v) is 10.7. The van der Waals surface area contributed by atoms with Crippen LogP contribution >= 0.6 is 7.14 Å². The van der Waals surface area contributed by atoms with Crippen molar-refractivity contribution in [2.24, 2.45) is 0 Å². The van der Waals surface area contributed by atoms with Gasteiger partial charge in [-0.3, -0.25) is 9.59 Å². The SMILES string of the molecule is O=C(COC(=O)C1(P(=O)(c2ccccc2)c2ccccc2)CC1)Nc1ccccc1Cc1ccccc1. The van der Waals surface area contributed by atoms with Gasteiger partial charge in [0.15, 0.2) is 13.7 Å². The Morgan fingerprint density at radius 2 is 1.24 bits per heavy atom. The van der Waals surface area contributed by atoms with Crippen LogP contribution in [0.4, 0.5) is 5.69 Å². The summed E-state index contributed by atoms with van der Waals surface area (Å²) in [7, 11) is -3.35. The van der Waals surface area contributed by atoms with Crippen molar-refractivity contribution in [3.05, 3.63) is 126 Å². The lowest BCUT2D eigenvalue weighted by Gasteiger charge is -2.27. The van der Waals surface area contributed by atoms with E-state index in [9.17, 15) is 14.2 Å². The molecule has 0 aliphatic heterocycles. The van der Waals surface area contributed by atoms with E-state index < -0.39 is 30.8 Å². The molecule has 6 heteroatoms. The highest BCUT2D eigenvalue weighted by Crippen LogP contribution is 2.68. The fourth-order valence-electron chi connectivity index (χ4n) is 4.75. The Bertz CT molecular complexity index is 1390. The van der Waals surface area contributed by atoms with Gasteiger partial charge in [0.1, 0.15) is 5.16 Å². The molecule has 0 spiro atoms. The van der Waals surface area contributed by atoms with Crippen LogP contribution in [-0.2, 0) is 25.3 Å². The van der Waals surface area contributed by atoms with Gasteiger partial charge in [0.05, 0.1) is 0 Å². The summed E-state index contributed by atoms with van der Waals surface area (Å²) in [5.41, 5.74) is 2.77. The average molecular weight is 510 g/mol. The van der Waals surface area contributed by atoms with Crippen LogP contribution in [0.1, 0.15) is 24.0 Å². The van der Waals surface area contributed by atoms with Crippen LogP contribution in [-0.4, -0.2) is 23.6 Å². The van der Waals surface area contributed by atoms with Gasteiger partial charge in [-0.1, -0.05) is 109 Å². The van der Waals surface area contributed by atoms with Gasteiger partial charge < -0.3 is 14.6 Å². The lowest BCUT2D eigenvalue weighted by atomic mass is 10.0. The smallest absolute Gasteiger partial charge is 0.320 e. The summed E-state index contributed by atoms with van der Waals surface area (Å²) in [5, 5.41) is 2.96. The lowest BCUT2D eigenvalue weighted by molar-refractivity contribution is -0.147. The highest BCUT2D eigenvalue weighted by molar-refractivity contribution is 7.81. The van der Waals surface area contributed by atoms with E-state index in [0.29, 0.717) is 35.6 Å². The van der Waals surface area contributed by atoms with E-state index in [1.165, 1.54) is 0 Å². The molecule has 4 aromatic carbocycles. The van der Waals surface area contributed by atoms with Crippen LogP contribution in [0.25, 0.3) is 0 Å². The van der Waals surface area contributed by atoms with Crippen molar-refractivity contribution in [2.75, 3.05) is 11.9 Å². The highest BCUT2D eigenvalue weighted by atomic mass is 31.2. The third kappa shape index (κ3) is 5.00. The van der Waals surface area contributed by atoms with Crippen LogP contribution in [0, 0.1) is 0 Å². The number of carbonyl (C=O) groups excluding carboxylic acids is 2. The standard InChI is InChI=1S/C31H28NO4P/c33-29(32-28-19-11-10-14-25(28)22-24-12-4-1-5-13-24)23-36-30(34)31(20-21-31)37(35,26-15-6-2-7-16-26)27-17-8-3-9-18-27/h1-19H,20-23H2,(H,32,33). The fourth-order valence-corrected chi connectivity index (χ4v) is 8.28. The largest absolute Gasteiger partial charge is 0.455 e. The maximum atomic E-state index is 14.7. The molecular formula is C31H28NO4P. The number of carbonyl (C=O) groups is 2. The molecule has 1 aliphatic rings. The van der Waals surface area contributed by atoms with E-state index in [2.05, 4.69) is 5.32 Å². The summed E-state index contributed by atoms with van der Waals surface area (Å²) < 4.78 is 20.2. The lowest BCUT2D eigenvalue weighted by Crippen LogP contribution is -2.36. The molecule has 1 N–H and O–H groups in total. The molecule has 1 fully saturated rings. The van der Waals surface area contributed by atoms with Gasteiger partial charge in [-0.25, -0.2) is 0 Å². The monoisotopic (exact) mass is 509 g/mol. The van der Waals surface area contributed by atoms with Crippen LogP contribution in [0.5, 0.6) is 0 Å². The first-order chi connectivity index (χ1) is 18.0. The first-order valence-corrected chi connectivity index (χ1v) is 14.0. The summed E-state index contributed by atoms with van der Waals surface area (Å²) in [5.74, 6) is -1.02. The number of ether oxygens (including phenoxy) is 1. The first kappa shape index (κ1) is 24.7. The highest BCUT2D eigenvalue weighted by Gasteiger charge is 2.65. The van der Waals surface area contributed by atoms with Crippen molar-refractivity contribution < 1.29 is 18.9 Å². The van der Waals surface area contributed by atoms with Crippen molar-refractivity contribution >= 4 is 35.3 Å². The molecule has 1 aliphatic carbocycles. The zero-order valence-corrected chi connectivity index (χ0v) is 21.3. The Morgan fingerprint density at radius 1 is 0.730 bits per heavy atom.